The van der Waals surface area contributed by atoms with Gasteiger partial charge in [0.25, 0.3) is 0 Å². The average Bonchev–Trinajstić information content (AvgIpc) is 3.02. The second-order valence-electron chi connectivity index (χ2n) is 7.55. The van der Waals surface area contributed by atoms with Gasteiger partial charge in [-0.3, -0.25) is 9.59 Å². The number of aryl methyl sites for hydroxylation is 2. The minimum Gasteiger partial charge on any atom is -0.481 e. The van der Waals surface area contributed by atoms with Crippen LogP contribution in [-0.4, -0.2) is 16.9 Å². The summed E-state index contributed by atoms with van der Waals surface area (Å²) >= 11 is 0. The molecule has 1 fully saturated rings. The third-order valence-corrected chi connectivity index (χ3v) is 5.51. The van der Waals surface area contributed by atoms with E-state index in [4.69, 9.17) is 0 Å². The fourth-order valence-electron chi connectivity index (χ4n) is 3.96. The van der Waals surface area contributed by atoms with Crippen LogP contribution in [-0.2, 0) is 16.0 Å². The molecule has 0 spiro atoms. The van der Waals surface area contributed by atoms with E-state index >= 15 is 0 Å². The Hall–Kier alpha value is -1.64. The van der Waals surface area contributed by atoms with E-state index in [0.29, 0.717) is 18.6 Å². The molecule has 0 saturated heterocycles. The molecule has 2 rings (SSSR count). The van der Waals surface area contributed by atoms with Crippen molar-refractivity contribution in [1.82, 2.24) is 0 Å². The van der Waals surface area contributed by atoms with Crippen molar-refractivity contribution in [3.05, 3.63) is 35.4 Å². The molecule has 1 aromatic carbocycles. The highest BCUT2D eigenvalue weighted by molar-refractivity contribution is 5.85. The number of carbonyl (C=O) groups excluding carboxylic acids is 1. The van der Waals surface area contributed by atoms with Crippen molar-refractivity contribution in [3.8, 4) is 0 Å². The Bertz CT molecular complexity index is 553. The van der Waals surface area contributed by atoms with Gasteiger partial charge in [0, 0.05) is 11.8 Å². The lowest BCUT2D eigenvalue weighted by atomic mass is 9.73. The topological polar surface area (TPSA) is 54.4 Å². The lowest BCUT2D eigenvalue weighted by Crippen LogP contribution is -2.32. The molecule has 0 aromatic heterocycles. The van der Waals surface area contributed by atoms with Crippen LogP contribution in [0.25, 0.3) is 0 Å². The molecule has 0 radical (unpaired) electrons. The van der Waals surface area contributed by atoms with Crippen LogP contribution in [0, 0.1) is 18.3 Å². The molecular weight excluding hydrogens is 300 g/mol. The Balaban J connectivity index is 1.82. The maximum absolute atomic E-state index is 12.8. The van der Waals surface area contributed by atoms with E-state index in [0.717, 1.165) is 44.9 Å². The van der Waals surface area contributed by atoms with Crippen LogP contribution in [0.3, 0.4) is 0 Å². The van der Waals surface area contributed by atoms with Crippen molar-refractivity contribution in [3.63, 3.8) is 0 Å². The van der Waals surface area contributed by atoms with Gasteiger partial charge in [0.2, 0.25) is 0 Å². The summed E-state index contributed by atoms with van der Waals surface area (Å²) in [4.78, 5) is 24.0. The summed E-state index contributed by atoms with van der Waals surface area (Å²) < 4.78 is 0. The zero-order valence-electron chi connectivity index (χ0n) is 15.0. The monoisotopic (exact) mass is 330 g/mol. The molecule has 132 valence electrons. The van der Waals surface area contributed by atoms with Crippen LogP contribution in [0.15, 0.2) is 24.3 Å². The van der Waals surface area contributed by atoms with Gasteiger partial charge in [0.15, 0.2) is 0 Å². The lowest BCUT2D eigenvalue weighted by molar-refractivity contribution is -0.143. The van der Waals surface area contributed by atoms with E-state index in [2.05, 4.69) is 31.2 Å². The van der Waals surface area contributed by atoms with Crippen LogP contribution >= 0.6 is 0 Å². The van der Waals surface area contributed by atoms with Gasteiger partial charge >= 0.3 is 5.97 Å². The second-order valence-corrected chi connectivity index (χ2v) is 7.55. The second kappa shape index (κ2) is 8.46. The number of unbranched alkanes of at least 4 members (excludes halogenated alkanes) is 1. The van der Waals surface area contributed by atoms with E-state index in [9.17, 15) is 14.7 Å². The molecule has 1 aliphatic rings. The number of carboxylic acid groups (broad SMARTS) is 1. The first-order valence-electron chi connectivity index (χ1n) is 9.25. The van der Waals surface area contributed by atoms with Crippen LogP contribution in [0.4, 0.5) is 0 Å². The van der Waals surface area contributed by atoms with Gasteiger partial charge < -0.3 is 5.11 Å². The molecule has 0 bridgehead atoms. The first-order chi connectivity index (χ1) is 11.4. The highest BCUT2D eigenvalue weighted by Gasteiger charge is 2.42. The zero-order valence-corrected chi connectivity index (χ0v) is 15.0. The number of ketones is 1. The van der Waals surface area contributed by atoms with E-state index in [1.165, 1.54) is 11.1 Å². The summed E-state index contributed by atoms with van der Waals surface area (Å²) in [5, 5.41) is 9.19. The van der Waals surface area contributed by atoms with Crippen molar-refractivity contribution >= 4 is 11.8 Å². The van der Waals surface area contributed by atoms with Crippen molar-refractivity contribution in [2.24, 2.45) is 11.3 Å². The van der Waals surface area contributed by atoms with Crippen LogP contribution in [0.5, 0.6) is 0 Å². The summed E-state index contributed by atoms with van der Waals surface area (Å²) in [6.45, 7) is 3.81. The summed E-state index contributed by atoms with van der Waals surface area (Å²) in [5.41, 5.74) is 2.23. The van der Waals surface area contributed by atoms with Crippen LogP contribution in [0.2, 0.25) is 0 Å². The Morgan fingerprint density at radius 2 is 1.75 bits per heavy atom. The number of rotatable bonds is 9. The Morgan fingerprint density at radius 1 is 1.12 bits per heavy atom. The molecule has 24 heavy (non-hydrogen) atoms. The van der Waals surface area contributed by atoms with Gasteiger partial charge in [0.05, 0.1) is 5.92 Å². The Kier molecular flexibility index (Phi) is 6.59. The highest BCUT2D eigenvalue weighted by Crippen LogP contribution is 2.45. The van der Waals surface area contributed by atoms with Crippen LogP contribution < -0.4 is 0 Å². The van der Waals surface area contributed by atoms with Gasteiger partial charge in [0.1, 0.15) is 5.78 Å². The molecule has 1 aliphatic carbocycles. The highest BCUT2D eigenvalue weighted by atomic mass is 16.4. The maximum atomic E-state index is 12.8. The van der Waals surface area contributed by atoms with E-state index < -0.39 is 11.9 Å². The smallest absolute Gasteiger partial charge is 0.306 e. The first kappa shape index (κ1) is 18.7. The Morgan fingerprint density at radius 3 is 2.33 bits per heavy atom. The molecule has 0 heterocycles. The van der Waals surface area contributed by atoms with Crippen molar-refractivity contribution in [2.75, 3.05) is 0 Å². The first-order valence-corrected chi connectivity index (χ1v) is 9.25. The summed E-state index contributed by atoms with van der Waals surface area (Å²) in [7, 11) is 0. The van der Waals surface area contributed by atoms with Gasteiger partial charge in [-0.2, -0.15) is 0 Å². The fourth-order valence-corrected chi connectivity index (χ4v) is 3.96. The summed E-state index contributed by atoms with van der Waals surface area (Å²) in [6.07, 6.45) is 7.89. The predicted octanol–water partition coefficient (Wildman–Crippen LogP) is 4.95. The third-order valence-electron chi connectivity index (χ3n) is 5.51. The predicted molar refractivity (Wildman–Crippen MR) is 96.1 cm³/mol. The molecule has 1 aromatic rings. The zero-order chi connectivity index (χ0) is 17.6. The standard InChI is InChI=1S/C21H30O3/c1-16-9-11-18(12-10-16)7-3-4-8-19(22)21(13-5-6-14-21)15-17(2)20(23)24/h9-12,17H,3-8,13-15H2,1-2H3,(H,23,24)/t17-/m1/s1. The van der Waals surface area contributed by atoms with Gasteiger partial charge in [-0.05, 0) is 51.0 Å². The molecule has 1 atom stereocenters. The molecule has 0 unspecified atom stereocenters. The largest absolute Gasteiger partial charge is 0.481 e. The van der Waals surface area contributed by atoms with Crippen LogP contribution in [0.1, 0.15) is 69.4 Å². The summed E-state index contributed by atoms with van der Waals surface area (Å²) in [6, 6.07) is 8.57. The molecule has 0 amide bonds. The number of carboxylic acids is 1. The van der Waals surface area contributed by atoms with E-state index in [1.807, 2.05) is 0 Å². The minimum atomic E-state index is -0.784. The molecule has 0 aliphatic heterocycles. The maximum Gasteiger partial charge on any atom is 0.306 e. The fraction of sp³-hybridized carbons (Fsp3) is 0.619. The number of benzene rings is 1. The molecule has 3 heteroatoms. The molecule has 1 N–H and O–H groups in total. The van der Waals surface area contributed by atoms with E-state index in [1.54, 1.807) is 6.92 Å². The van der Waals surface area contributed by atoms with Gasteiger partial charge in [-0.25, -0.2) is 0 Å². The van der Waals surface area contributed by atoms with Crippen molar-refractivity contribution in [1.29, 1.82) is 0 Å². The number of carbonyl (C=O) groups is 2. The number of aliphatic carboxylic acids is 1. The number of hydrogen-bond donors (Lipinski definition) is 1. The third kappa shape index (κ3) is 4.93. The Labute approximate surface area is 145 Å². The molecule has 3 nitrogen and oxygen atoms in total. The van der Waals surface area contributed by atoms with E-state index in [-0.39, 0.29) is 5.41 Å². The number of hydrogen-bond acceptors (Lipinski definition) is 2. The summed E-state index contributed by atoms with van der Waals surface area (Å²) in [5.74, 6) is -0.912. The van der Waals surface area contributed by atoms with Crippen molar-refractivity contribution < 1.29 is 14.7 Å². The van der Waals surface area contributed by atoms with Gasteiger partial charge in [-0.15, -0.1) is 0 Å². The molecule has 1 saturated carbocycles. The average molecular weight is 330 g/mol. The quantitative estimate of drug-likeness (QED) is 0.652. The SMILES string of the molecule is Cc1ccc(CCCCC(=O)C2(C[C@@H](C)C(=O)O)CCCC2)cc1. The molecular formula is C21H30O3. The van der Waals surface area contributed by atoms with Gasteiger partial charge in [-0.1, -0.05) is 49.6 Å². The number of Topliss-reactive ketones (excluding diaryl/α,β-unsaturated/α-hetero) is 1. The van der Waals surface area contributed by atoms with Crippen molar-refractivity contribution in [2.45, 2.75) is 71.6 Å². The normalized spacial score (nSPS) is 17.6. The lowest BCUT2D eigenvalue weighted by Gasteiger charge is -2.29. The minimum absolute atomic E-state index is 0.303.